The van der Waals surface area contributed by atoms with Crippen molar-refractivity contribution in [3.05, 3.63) is 47.0 Å². The van der Waals surface area contributed by atoms with Gasteiger partial charge in [0.15, 0.2) is 5.16 Å². The number of benzene rings is 1. The Hall–Kier alpha value is -1.46. The second kappa shape index (κ2) is 5.67. The molecule has 1 unspecified atom stereocenters. The van der Waals surface area contributed by atoms with Gasteiger partial charge in [-0.15, -0.1) is 0 Å². The van der Waals surface area contributed by atoms with Gasteiger partial charge in [-0.25, -0.2) is 14.4 Å². The highest BCUT2D eigenvalue weighted by Gasteiger charge is 2.13. The van der Waals surface area contributed by atoms with Crippen molar-refractivity contribution in [1.29, 1.82) is 0 Å². The Morgan fingerprint density at radius 2 is 1.84 bits per heavy atom. The van der Waals surface area contributed by atoms with Gasteiger partial charge in [-0.2, -0.15) is 0 Å². The van der Waals surface area contributed by atoms with Crippen molar-refractivity contribution in [3.63, 3.8) is 0 Å². The van der Waals surface area contributed by atoms with E-state index in [2.05, 4.69) is 9.97 Å². The van der Waals surface area contributed by atoms with Gasteiger partial charge in [-0.3, -0.25) is 0 Å². The fourth-order valence-electron chi connectivity index (χ4n) is 1.65. The van der Waals surface area contributed by atoms with E-state index in [0.717, 1.165) is 16.0 Å². The summed E-state index contributed by atoms with van der Waals surface area (Å²) >= 11 is 1.41. The molecule has 100 valence electrons. The van der Waals surface area contributed by atoms with Crippen LogP contribution in [-0.2, 0) is 0 Å². The number of hydrogen-bond donors (Lipinski definition) is 1. The predicted octanol–water partition coefficient (Wildman–Crippen LogP) is 3.40. The van der Waals surface area contributed by atoms with E-state index in [1.165, 1.54) is 17.8 Å². The minimum atomic E-state index is -0.235. The number of nitrogens with zero attached hydrogens (tertiary/aromatic N) is 2. The third-order valence-electron chi connectivity index (χ3n) is 2.74. The molecule has 1 aromatic carbocycles. The van der Waals surface area contributed by atoms with E-state index in [-0.39, 0.29) is 11.9 Å². The number of nitrogens with two attached hydrogens (primary N) is 1. The smallest absolute Gasteiger partial charge is 0.192 e. The molecule has 0 amide bonds. The normalized spacial score (nSPS) is 12.5. The maximum Gasteiger partial charge on any atom is 0.192 e. The standard InChI is InChI=1S/C14H16FN3S/c1-8-6-17-14(18-7-8)19-13-4-9(2)12(15)5-11(13)10(3)16/h4-7,10H,16H2,1-3H3. The predicted molar refractivity (Wildman–Crippen MR) is 74.6 cm³/mol. The van der Waals surface area contributed by atoms with Gasteiger partial charge in [0, 0.05) is 23.3 Å². The van der Waals surface area contributed by atoms with Gasteiger partial charge >= 0.3 is 0 Å². The largest absolute Gasteiger partial charge is 0.324 e. The molecule has 0 aliphatic heterocycles. The number of halogens is 1. The van der Waals surface area contributed by atoms with Gasteiger partial charge in [0.25, 0.3) is 0 Å². The highest BCUT2D eigenvalue weighted by Crippen LogP contribution is 2.32. The number of hydrogen-bond acceptors (Lipinski definition) is 4. The van der Waals surface area contributed by atoms with Crippen LogP contribution in [-0.4, -0.2) is 9.97 Å². The van der Waals surface area contributed by atoms with E-state index in [0.29, 0.717) is 10.7 Å². The van der Waals surface area contributed by atoms with Crippen molar-refractivity contribution < 1.29 is 4.39 Å². The monoisotopic (exact) mass is 277 g/mol. The Balaban J connectivity index is 2.38. The van der Waals surface area contributed by atoms with Crippen molar-refractivity contribution >= 4 is 11.8 Å². The topological polar surface area (TPSA) is 51.8 Å². The molecule has 19 heavy (non-hydrogen) atoms. The molecule has 0 radical (unpaired) electrons. The van der Waals surface area contributed by atoms with Gasteiger partial charge in [0.05, 0.1) is 0 Å². The summed E-state index contributed by atoms with van der Waals surface area (Å²) in [5, 5.41) is 0.638. The molecule has 5 heteroatoms. The molecule has 0 aliphatic rings. The first-order valence-electron chi connectivity index (χ1n) is 5.99. The van der Waals surface area contributed by atoms with Crippen molar-refractivity contribution in [2.75, 3.05) is 0 Å². The zero-order valence-corrected chi connectivity index (χ0v) is 12.0. The van der Waals surface area contributed by atoms with Crippen LogP contribution in [0.2, 0.25) is 0 Å². The average Bonchev–Trinajstić information content (AvgIpc) is 2.36. The van der Waals surface area contributed by atoms with Crippen LogP contribution in [0.15, 0.2) is 34.6 Å². The number of aryl methyl sites for hydroxylation is 2. The minimum Gasteiger partial charge on any atom is -0.324 e. The lowest BCUT2D eigenvalue weighted by molar-refractivity contribution is 0.610. The molecule has 0 bridgehead atoms. The third-order valence-corrected chi connectivity index (χ3v) is 3.71. The van der Waals surface area contributed by atoms with Gasteiger partial charge in [0.1, 0.15) is 5.82 Å². The first kappa shape index (κ1) is 14.0. The van der Waals surface area contributed by atoms with Crippen molar-refractivity contribution in [1.82, 2.24) is 9.97 Å². The molecule has 0 fully saturated rings. The van der Waals surface area contributed by atoms with Crippen LogP contribution in [0, 0.1) is 19.7 Å². The number of aromatic nitrogens is 2. The maximum atomic E-state index is 13.6. The molecule has 2 aromatic rings. The lowest BCUT2D eigenvalue weighted by Gasteiger charge is -2.13. The lowest BCUT2D eigenvalue weighted by atomic mass is 10.1. The SMILES string of the molecule is Cc1cnc(Sc2cc(C)c(F)cc2C(C)N)nc1. The van der Waals surface area contributed by atoms with E-state index in [4.69, 9.17) is 5.73 Å². The summed E-state index contributed by atoms with van der Waals surface area (Å²) in [6.07, 6.45) is 3.52. The molecule has 1 heterocycles. The Labute approximate surface area is 116 Å². The summed E-state index contributed by atoms with van der Waals surface area (Å²) in [6, 6.07) is 3.06. The van der Waals surface area contributed by atoms with Gasteiger partial charge in [0.2, 0.25) is 0 Å². The number of rotatable bonds is 3. The maximum absolute atomic E-state index is 13.6. The van der Waals surface area contributed by atoms with Gasteiger partial charge in [-0.1, -0.05) is 0 Å². The molecule has 1 atom stereocenters. The van der Waals surface area contributed by atoms with E-state index in [9.17, 15) is 4.39 Å². The second-order valence-electron chi connectivity index (χ2n) is 4.57. The van der Waals surface area contributed by atoms with Crippen LogP contribution >= 0.6 is 11.8 Å². The molecule has 1 aromatic heterocycles. The Morgan fingerprint density at radius 1 is 1.21 bits per heavy atom. The molecule has 0 aliphatic carbocycles. The highest BCUT2D eigenvalue weighted by molar-refractivity contribution is 7.99. The van der Waals surface area contributed by atoms with Crippen LogP contribution < -0.4 is 5.73 Å². The second-order valence-corrected chi connectivity index (χ2v) is 5.58. The van der Waals surface area contributed by atoms with Crippen molar-refractivity contribution in [3.8, 4) is 0 Å². The summed E-state index contributed by atoms with van der Waals surface area (Å²) in [4.78, 5) is 9.39. The Bertz CT molecular complexity index is 582. The lowest BCUT2D eigenvalue weighted by Crippen LogP contribution is -2.07. The van der Waals surface area contributed by atoms with E-state index < -0.39 is 0 Å². The summed E-state index contributed by atoms with van der Waals surface area (Å²) in [6.45, 7) is 5.51. The van der Waals surface area contributed by atoms with Gasteiger partial charge in [-0.05, 0) is 61.4 Å². The Morgan fingerprint density at radius 3 is 2.42 bits per heavy atom. The third kappa shape index (κ3) is 3.30. The first-order valence-corrected chi connectivity index (χ1v) is 6.81. The molecule has 3 nitrogen and oxygen atoms in total. The zero-order valence-electron chi connectivity index (χ0n) is 11.1. The molecule has 0 spiro atoms. The molecule has 2 N–H and O–H groups in total. The molecule has 0 saturated heterocycles. The van der Waals surface area contributed by atoms with E-state index in [1.807, 2.05) is 13.8 Å². The van der Waals surface area contributed by atoms with Crippen LogP contribution in [0.3, 0.4) is 0 Å². The van der Waals surface area contributed by atoms with Crippen molar-refractivity contribution in [2.24, 2.45) is 5.73 Å². The minimum absolute atomic E-state index is 0.233. The van der Waals surface area contributed by atoms with E-state index >= 15 is 0 Å². The summed E-state index contributed by atoms with van der Waals surface area (Å²) in [5.41, 5.74) is 8.27. The van der Waals surface area contributed by atoms with Crippen LogP contribution in [0.25, 0.3) is 0 Å². The zero-order chi connectivity index (χ0) is 14.0. The molecular weight excluding hydrogens is 261 g/mol. The van der Waals surface area contributed by atoms with Crippen LogP contribution in [0.1, 0.15) is 29.7 Å². The fourth-order valence-corrected chi connectivity index (χ4v) is 2.65. The fraction of sp³-hybridized carbons (Fsp3) is 0.286. The summed E-state index contributed by atoms with van der Waals surface area (Å²) in [7, 11) is 0. The quantitative estimate of drug-likeness (QED) is 0.874. The van der Waals surface area contributed by atoms with Crippen LogP contribution in [0.4, 0.5) is 4.39 Å². The van der Waals surface area contributed by atoms with Crippen LogP contribution in [0.5, 0.6) is 0 Å². The molecular formula is C14H16FN3S. The van der Waals surface area contributed by atoms with Gasteiger partial charge < -0.3 is 5.73 Å². The summed E-state index contributed by atoms with van der Waals surface area (Å²) < 4.78 is 13.6. The Kier molecular flexibility index (Phi) is 4.17. The van der Waals surface area contributed by atoms with E-state index in [1.54, 1.807) is 25.4 Å². The highest BCUT2D eigenvalue weighted by atomic mass is 32.2. The molecule has 2 rings (SSSR count). The average molecular weight is 277 g/mol. The van der Waals surface area contributed by atoms with Crippen molar-refractivity contribution in [2.45, 2.75) is 36.9 Å². The first-order chi connectivity index (χ1) is 8.97. The summed E-state index contributed by atoms with van der Waals surface area (Å²) in [5.74, 6) is -0.235. The molecule has 0 saturated carbocycles.